The molecule has 0 amide bonds. The molecule has 138 valence electrons. The summed E-state index contributed by atoms with van der Waals surface area (Å²) in [5.74, 6) is 0.794. The quantitative estimate of drug-likeness (QED) is 0.715. The summed E-state index contributed by atoms with van der Waals surface area (Å²) in [6.07, 6.45) is 4.37. The topological polar surface area (TPSA) is 102 Å². The van der Waals surface area contributed by atoms with Crippen molar-refractivity contribution in [2.24, 2.45) is 0 Å². The van der Waals surface area contributed by atoms with Gasteiger partial charge in [0, 0.05) is 18.4 Å². The van der Waals surface area contributed by atoms with E-state index in [9.17, 15) is 4.39 Å². The first-order chi connectivity index (χ1) is 12.6. The number of ether oxygens (including phenoxy) is 2. The van der Waals surface area contributed by atoms with E-state index in [1.165, 1.54) is 0 Å². The van der Waals surface area contributed by atoms with Crippen LogP contribution in [0.5, 0.6) is 5.88 Å². The lowest BCUT2D eigenvalue weighted by Gasteiger charge is -2.26. The molecule has 2 atom stereocenters. The molecule has 0 bridgehead atoms. The largest absolute Gasteiger partial charge is 0.473 e. The van der Waals surface area contributed by atoms with Gasteiger partial charge in [0.15, 0.2) is 5.65 Å². The molecule has 0 radical (unpaired) electrons. The lowest BCUT2D eigenvalue weighted by Crippen LogP contribution is -2.39. The minimum atomic E-state index is -1.10. The summed E-state index contributed by atoms with van der Waals surface area (Å²) in [4.78, 5) is 8.85. The Hall–Kier alpha value is -2.75. The molecule has 0 saturated carbocycles. The Balaban J connectivity index is 1.72. The number of aromatic amines is 1. The van der Waals surface area contributed by atoms with Crippen LogP contribution in [0.25, 0.3) is 16.9 Å². The second-order valence-corrected chi connectivity index (χ2v) is 6.40. The maximum Gasteiger partial charge on any atom is 0.244 e. The third-order valence-corrected chi connectivity index (χ3v) is 4.06. The Morgan fingerprint density at radius 3 is 3.04 bits per heavy atom. The van der Waals surface area contributed by atoms with Crippen LogP contribution in [0.4, 0.5) is 10.3 Å². The average Bonchev–Trinajstić information content (AvgIpc) is 3.26. The maximum atomic E-state index is 14.0. The van der Waals surface area contributed by atoms with Gasteiger partial charge in [0.05, 0.1) is 31.1 Å². The summed E-state index contributed by atoms with van der Waals surface area (Å²) in [5, 5.41) is 14.2. The fourth-order valence-corrected chi connectivity index (χ4v) is 2.84. The number of anilines is 1. The van der Waals surface area contributed by atoms with Crippen LogP contribution in [0, 0.1) is 0 Å². The van der Waals surface area contributed by atoms with Gasteiger partial charge in [-0.1, -0.05) is 0 Å². The minimum Gasteiger partial charge on any atom is -0.473 e. The van der Waals surface area contributed by atoms with E-state index in [1.807, 2.05) is 13.8 Å². The number of hydrogen-bond donors (Lipinski definition) is 2. The van der Waals surface area contributed by atoms with Crippen LogP contribution >= 0.6 is 0 Å². The van der Waals surface area contributed by atoms with Crippen LogP contribution < -0.4 is 10.1 Å². The molecule has 9 nitrogen and oxygen atoms in total. The van der Waals surface area contributed by atoms with E-state index in [0.717, 1.165) is 5.56 Å². The minimum absolute atomic E-state index is 0.0823. The van der Waals surface area contributed by atoms with Gasteiger partial charge < -0.3 is 14.8 Å². The van der Waals surface area contributed by atoms with Gasteiger partial charge in [0.1, 0.15) is 11.9 Å². The highest BCUT2D eigenvalue weighted by molar-refractivity contribution is 5.65. The molecule has 1 fully saturated rings. The number of aromatic nitrogens is 6. The summed E-state index contributed by atoms with van der Waals surface area (Å²) < 4.78 is 26.6. The first-order valence-electron chi connectivity index (χ1n) is 8.51. The number of halogens is 1. The second kappa shape index (κ2) is 6.87. The van der Waals surface area contributed by atoms with Crippen LogP contribution in [0.2, 0.25) is 0 Å². The van der Waals surface area contributed by atoms with Crippen LogP contribution in [0.15, 0.2) is 18.6 Å². The molecule has 2 N–H and O–H groups in total. The van der Waals surface area contributed by atoms with Gasteiger partial charge in [-0.15, -0.1) is 5.10 Å². The zero-order chi connectivity index (χ0) is 18.1. The molecule has 1 aliphatic heterocycles. The second-order valence-electron chi connectivity index (χ2n) is 6.40. The van der Waals surface area contributed by atoms with E-state index in [2.05, 4.69) is 30.6 Å². The molecule has 3 aromatic heterocycles. The number of nitrogens with one attached hydrogen (secondary N) is 2. The highest BCUT2D eigenvalue weighted by Crippen LogP contribution is 2.29. The number of nitrogens with zero attached hydrogens (tertiary/aromatic N) is 5. The third kappa shape index (κ3) is 3.19. The molecule has 4 heterocycles. The predicted molar refractivity (Wildman–Crippen MR) is 91.9 cm³/mol. The molecule has 1 aliphatic rings. The van der Waals surface area contributed by atoms with Crippen molar-refractivity contribution in [3.8, 4) is 17.1 Å². The van der Waals surface area contributed by atoms with Crippen molar-refractivity contribution in [1.29, 1.82) is 0 Å². The summed E-state index contributed by atoms with van der Waals surface area (Å²) in [6, 6.07) is -0.378. The number of hydrogen-bond acceptors (Lipinski definition) is 7. The summed E-state index contributed by atoms with van der Waals surface area (Å²) in [7, 11) is 0. The van der Waals surface area contributed by atoms with Crippen molar-refractivity contribution in [3.63, 3.8) is 0 Å². The Bertz CT molecular complexity index is 880. The van der Waals surface area contributed by atoms with Crippen LogP contribution in [0.1, 0.15) is 20.3 Å². The molecular formula is C16H20FN7O2. The maximum absolute atomic E-state index is 14.0. The normalized spacial score (nSPS) is 20.6. The Morgan fingerprint density at radius 2 is 2.31 bits per heavy atom. The van der Waals surface area contributed by atoms with Gasteiger partial charge in [0.25, 0.3) is 0 Å². The van der Waals surface area contributed by atoms with E-state index < -0.39 is 6.17 Å². The first kappa shape index (κ1) is 16.7. The zero-order valence-electron chi connectivity index (χ0n) is 14.5. The van der Waals surface area contributed by atoms with Gasteiger partial charge in [-0.05, 0) is 20.3 Å². The van der Waals surface area contributed by atoms with Gasteiger partial charge >= 0.3 is 0 Å². The fraction of sp³-hybridized carbons (Fsp3) is 0.500. The Kier molecular flexibility index (Phi) is 4.41. The number of rotatable bonds is 5. The molecule has 0 spiro atoms. The monoisotopic (exact) mass is 361 g/mol. The molecule has 0 unspecified atom stereocenters. The lowest BCUT2D eigenvalue weighted by molar-refractivity contribution is 0.0284. The molecule has 4 rings (SSSR count). The van der Waals surface area contributed by atoms with Gasteiger partial charge in [0.2, 0.25) is 11.8 Å². The Labute approximate surface area is 148 Å². The van der Waals surface area contributed by atoms with E-state index in [0.29, 0.717) is 36.2 Å². The predicted octanol–water partition coefficient (Wildman–Crippen LogP) is 1.84. The van der Waals surface area contributed by atoms with Gasteiger partial charge in [-0.3, -0.25) is 5.10 Å². The fourth-order valence-electron chi connectivity index (χ4n) is 2.84. The summed E-state index contributed by atoms with van der Waals surface area (Å²) in [5.41, 5.74) is 1.89. The van der Waals surface area contributed by atoms with Gasteiger partial charge in [-0.2, -0.15) is 14.6 Å². The van der Waals surface area contributed by atoms with Crippen molar-refractivity contribution in [2.75, 3.05) is 18.5 Å². The Morgan fingerprint density at radius 1 is 1.42 bits per heavy atom. The zero-order valence-corrected chi connectivity index (χ0v) is 14.5. The molecule has 3 aromatic rings. The van der Waals surface area contributed by atoms with E-state index in [-0.39, 0.29) is 18.8 Å². The molecular weight excluding hydrogens is 341 g/mol. The van der Waals surface area contributed by atoms with Crippen molar-refractivity contribution in [2.45, 2.75) is 38.6 Å². The van der Waals surface area contributed by atoms with Crippen molar-refractivity contribution in [3.05, 3.63) is 18.6 Å². The number of H-pyrrole nitrogens is 1. The molecule has 1 saturated heterocycles. The molecule has 0 aromatic carbocycles. The highest BCUT2D eigenvalue weighted by atomic mass is 19.1. The molecule has 10 heteroatoms. The number of fused-ring (bicyclic) bond motifs is 1. The lowest BCUT2D eigenvalue weighted by atomic mass is 10.1. The van der Waals surface area contributed by atoms with Crippen LogP contribution in [-0.2, 0) is 4.74 Å². The van der Waals surface area contributed by atoms with Crippen molar-refractivity contribution in [1.82, 2.24) is 29.8 Å². The number of alkyl halides is 1. The average molecular weight is 361 g/mol. The third-order valence-electron chi connectivity index (χ3n) is 4.06. The van der Waals surface area contributed by atoms with Crippen LogP contribution in [0.3, 0.4) is 0 Å². The van der Waals surface area contributed by atoms with E-state index in [1.54, 1.807) is 23.1 Å². The van der Waals surface area contributed by atoms with Crippen molar-refractivity contribution < 1.29 is 13.9 Å². The molecule has 0 aliphatic carbocycles. The van der Waals surface area contributed by atoms with Gasteiger partial charge in [-0.25, -0.2) is 9.37 Å². The summed E-state index contributed by atoms with van der Waals surface area (Å²) >= 11 is 0. The standard InChI is InChI=1S/C16H20FN7O2/c1-9(2)26-15-14(10-5-19-20-6-10)18-7-13-22-16(23-24(13)15)21-12-3-4-25-8-11(12)17/h5-7,9,11-12H,3-4,8H2,1-2H3,(H,19,20)(H,21,23)/t11-,12+/m1/s1. The van der Waals surface area contributed by atoms with E-state index >= 15 is 0 Å². The highest BCUT2D eigenvalue weighted by Gasteiger charge is 2.27. The summed E-state index contributed by atoms with van der Waals surface area (Å²) in [6.45, 7) is 4.44. The van der Waals surface area contributed by atoms with E-state index in [4.69, 9.17) is 9.47 Å². The van der Waals surface area contributed by atoms with Crippen molar-refractivity contribution >= 4 is 11.6 Å². The SMILES string of the molecule is CC(C)Oc1c(-c2cn[nH]c2)ncc2nc(N[C@H]3CCOC[C@H]3F)nn12. The van der Waals surface area contributed by atoms with Crippen LogP contribution in [-0.4, -0.2) is 61.3 Å². The smallest absolute Gasteiger partial charge is 0.244 e. The molecule has 26 heavy (non-hydrogen) atoms. The first-order valence-corrected chi connectivity index (χ1v) is 8.51.